The second kappa shape index (κ2) is 13.4. The first-order valence-corrected chi connectivity index (χ1v) is 11.3. The highest BCUT2D eigenvalue weighted by atomic mass is 32.1. The summed E-state index contributed by atoms with van der Waals surface area (Å²) < 4.78 is 0. The van der Waals surface area contributed by atoms with E-state index >= 15 is 0 Å². The monoisotopic (exact) mass is 418 g/mol. The van der Waals surface area contributed by atoms with Gasteiger partial charge in [0, 0.05) is 31.7 Å². The number of aliphatic hydroxyl groups is 1. The molecule has 1 atom stereocenters. The summed E-state index contributed by atoms with van der Waals surface area (Å²) in [5, 5.41) is 18.3. The highest BCUT2D eigenvalue weighted by Crippen LogP contribution is 2.27. The average molecular weight is 419 g/mol. The van der Waals surface area contributed by atoms with E-state index in [2.05, 4.69) is 32.2 Å². The van der Waals surface area contributed by atoms with Crippen molar-refractivity contribution in [2.45, 2.75) is 33.1 Å². The normalized spacial score (nSPS) is 18.7. The van der Waals surface area contributed by atoms with Gasteiger partial charge in [0.15, 0.2) is 0 Å². The van der Waals surface area contributed by atoms with Gasteiger partial charge >= 0.3 is 0 Å². The fraction of sp³-hybridized carbons (Fsp3) is 0.571. The van der Waals surface area contributed by atoms with Crippen molar-refractivity contribution in [3.8, 4) is 11.4 Å². The van der Waals surface area contributed by atoms with Crippen molar-refractivity contribution in [1.29, 1.82) is 0 Å². The van der Waals surface area contributed by atoms with Gasteiger partial charge in [-0.3, -0.25) is 0 Å². The van der Waals surface area contributed by atoms with E-state index in [9.17, 15) is 5.11 Å². The number of piperidine rings is 1. The number of nitrogens with one attached hydrogen (secondary N) is 2. The predicted molar refractivity (Wildman–Crippen MR) is 123 cm³/mol. The van der Waals surface area contributed by atoms with Gasteiger partial charge in [-0.15, -0.1) is 11.3 Å². The van der Waals surface area contributed by atoms with Gasteiger partial charge in [-0.05, 0) is 57.1 Å². The molecule has 2 aliphatic rings. The Morgan fingerprint density at radius 1 is 1.21 bits per heavy atom. The maximum absolute atomic E-state index is 9.35. The van der Waals surface area contributed by atoms with Crippen molar-refractivity contribution in [2.24, 2.45) is 10.9 Å². The molecule has 1 unspecified atom stereocenters. The van der Waals surface area contributed by atoms with Gasteiger partial charge in [-0.2, -0.15) is 0 Å². The zero-order valence-electron chi connectivity index (χ0n) is 17.6. The lowest BCUT2D eigenvalue weighted by molar-refractivity contribution is 0.208. The first-order valence-electron chi connectivity index (χ1n) is 10.5. The minimum absolute atomic E-state index is 0.247. The van der Waals surface area contributed by atoms with E-state index in [1.807, 2.05) is 37.4 Å². The number of pyridine rings is 1. The van der Waals surface area contributed by atoms with Crippen LogP contribution in [0.15, 0.2) is 28.6 Å². The van der Waals surface area contributed by atoms with Crippen molar-refractivity contribution >= 4 is 29.0 Å². The van der Waals surface area contributed by atoms with Gasteiger partial charge in [-0.1, -0.05) is 19.9 Å². The summed E-state index contributed by atoms with van der Waals surface area (Å²) in [4.78, 5) is 15.2. The molecule has 2 fully saturated rings. The number of aromatic nitrogens is 2. The quantitative estimate of drug-likeness (QED) is 0.661. The zero-order valence-corrected chi connectivity index (χ0v) is 18.4. The topological polar surface area (TPSA) is 85.7 Å². The third-order valence-corrected chi connectivity index (χ3v) is 5.45. The summed E-state index contributed by atoms with van der Waals surface area (Å²) in [7, 11) is 0. The number of aliphatic imine (C=N–C) groups is 1. The Balaban J connectivity index is 0.000000317. The lowest BCUT2D eigenvalue weighted by atomic mass is 9.99. The molecule has 2 aliphatic heterocycles. The average Bonchev–Trinajstić information content (AvgIpc) is 3.32. The van der Waals surface area contributed by atoms with E-state index in [0.717, 1.165) is 49.8 Å². The molecule has 0 aliphatic carbocycles. The first-order chi connectivity index (χ1) is 14.3. The molecular formula is C21H34N6OS. The van der Waals surface area contributed by atoms with Crippen molar-refractivity contribution in [1.82, 2.24) is 20.6 Å². The number of nitrogens with zero attached hydrogens (tertiary/aromatic N) is 4. The Hall–Kier alpha value is -1.87. The molecule has 4 rings (SSSR count). The molecule has 0 radical (unpaired) electrons. The van der Waals surface area contributed by atoms with Crippen LogP contribution in [0.3, 0.4) is 0 Å². The summed E-state index contributed by atoms with van der Waals surface area (Å²) in [6.07, 6.45) is 3.46. The van der Waals surface area contributed by atoms with Gasteiger partial charge in [0.2, 0.25) is 5.13 Å². The summed E-state index contributed by atoms with van der Waals surface area (Å²) in [6.45, 7) is 13.0. The van der Waals surface area contributed by atoms with Crippen LogP contribution < -0.4 is 15.5 Å². The largest absolute Gasteiger partial charge is 0.396 e. The van der Waals surface area contributed by atoms with Crippen LogP contribution in [0.25, 0.3) is 11.4 Å². The van der Waals surface area contributed by atoms with Crippen LogP contribution in [-0.4, -0.2) is 61.2 Å². The van der Waals surface area contributed by atoms with E-state index in [-0.39, 0.29) is 6.61 Å². The Kier molecular flexibility index (Phi) is 10.8. The fourth-order valence-corrected chi connectivity index (χ4v) is 3.84. The van der Waals surface area contributed by atoms with Gasteiger partial charge in [0.25, 0.3) is 0 Å². The molecule has 7 nitrogen and oxygen atoms in total. The second-order valence-corrected chi connectivity index (χ2v) is 7.56. The number of rotatable bonds is 4. The Morgan fingerprint density at radius 3 is 2.59 bits per heavy atom. The molecule has 2 aromatic heterocycles. The van der Waals surface area contributed by atoms with Crippen molar-refractivity contribution < 1.29 is 5.11 Å². The Morgan fingerprint density at radius 2 is 2.00 bits per heavy atom. The molecule has 0 spiro atoms. The van der Waals surface area contributed by atoms with E-state index in [4.69, 9.17) is 4.98 Å². The Labute approximate surface area is 178 Å². The summed E-state index contributed by atoms with van der Waals surface area (Å²) in [6, 6.07) is 5.97. The molecule has 0 aromatic carbocycles. The van der Waals surface area contributed by atoms with Crippen LogP contribution in [0.4, 0.5) is 10.9 Å². The summed E-state index contributed by atoms with van der Waals surface area (Å²) in [5.41, 5.74) is 1.68. The number of hydrogen-bond donors (Lipinski definition) is 3. The van der Waals surface area contributed by atoms with Crippen LogP contribution >= 0.6 is 11.3 Å². The maximum Gasteiger partial charge on any atom is 0.209 e. The minimum atomic E-state index is 0.247. The fourth-order valence-electron chi connectivity index (χ4n) is 3.22. The van der Waals surface area contributed by atoms with Gasteiger partial charge in [0.1, 0.15) is 11.5 Å². The lowest BCUT2D eigenvalue weighted by Crippen LogP contribution is -2.37. The number of aliphatic hydroxyl groups excluding tert-OH is 1. The van der Waals surface area contributed by atoms with E-state index in [1.165, 1.54) is 30.8 Å². The van der Waals surface area contributed by atoms with E-state index in [1.54, 1.807) is 0 Å². The second-order valence-electron chi connectivity index (χ2n) is 6.72. The standard InChI is InChI=1S/C15H18N4OS.C4H10N2.C2H6/c1-16-15-18-13(10-21-15)12-5-2-6-14(17-12)19-7-3-4-11(8-19)9-20;1-2-5-4-6-3-1;1-2/h2,5-6,10-11,20H,1,3-4,7-9H2;5-6H,1-4H2;1-2H3. The highest BCUT2D eigenvalue weighted by Gasteiger charge is 2.20. The van der Waals surface area contributed by atoms with Crippen LogP contribution in [0.1, 0.15) is 33.1 Å². The third kappa shape index (κ3) is 7.47. The van der Waals surface area contributed by atoms with Crippen LogP contribution in [0, 0.1) is 5.92 Å². The van der Waals surface area contributed by atoms with E-state index < -0.39 is 0 Å². The molecule has 29 heavy (non-hydrogen) atoms. The van der Waals surface area contributed by atoms with Crippen LogP contribution in [-0.2, 0) is 0 Å². The molecule has 0 bridgehead atoms. The summed E-state index contributed by atoms with van der Waals surface area (Å²) >= 11 is 1.46. The third-order valence-electron chi connectivity index (χ3n) is 4.68. The minimum Gasteiger partial charge on any atom is -0.396 e. The lowest BCUT2D eigenvalue weighted by Gasteiger charge is -2.32. The predicted octanol–water partition coefficient (Wildman–Crippen LogP) is 3.30. The first kappa shape index (κ1) is 23.4. The van der Waals surface area contributed by atoms with Crippen molar-refractivity contribution in [3.05, 3.63) is 23.6 Å². The van der Waals surface area contributed by atoms with Crippen molar-refractivity contribution in [2.75, 3.05) is 44.4 Å². The smallest absolute Gasteiger partial charge is 0.209 e. The summed E-state index contributed by atoms with van der Waals surface area (Å²) in [5.74, 6) is 1.30. The molecule has 2 saturated heterocycles. The maximum atomic E-state index is 9.35. The molecule has 4 heterocycles. The molecule has 3 N–H and O–H groups in total. The van der Waals surface area contributed by atoms with Crippen LogP contribution in [0.5, 0.6) is 0 Å². The zero-order chi connectivity index (χ0) is 20.9. The van der Waals surface area contributed by atoms with Crippen LogP contribution in [0.2, 0.25) is 0 Å². The van der Waals surface area contributed by atoms with Gasteiger partial charge in [0.05, 0.1) is 5.69 Å². The van der Waals surface area contributed by atoms with Gasteiger partial charge in [-0.25, -0.2) is 15.0 Å². The highest BCUT2D eigenvalue weighted by molar-refractivity contribution is 7.13. The molecule has 2 aromatic rings. The molecule has 0 saturated carbocycles. The molecule has 8 heteroatoms. The number of hydrogen-bond acceptors (Lipinski definition) is 8. The number of anilines is 1. The SMILES string of the molecule is C1CNCNC1.C=Nc1nc(-c2cccc(N3CCCC(CO)C3)n2)cs1.CC. The van der Waals surface area contributed by atoms with Gasteiger partial charge < -0.3 is 20.6 Å². The Bertz CT molecular complexity index is 707. The number of thiazole rings is 1. The molecule has 0 amide bonds. The van der Waals surface area contributed by atoms with Crippen molar-refractivity contribution in [3.63, 3.8) is 0 Å². The molecule has 160 valence electrons. The van der Waals surface area contributed by atoms with E-state index in [0.29, 0.717) is 11.0 Å². The molecular weight excluding hydrogens is 384 g/mol.